The third-order valence-corrected chi connectivity index (χ3v) is 2.88. The Bertz CT molecular complexity index is 441. The molecule has 1 rings (SSSR count). The topological polar surface area (TPSA) is 68.6 Å². The number of hydrogen-bond donors (Lipinski definition) is 1. The lowest BCUT2D eigenvalue weighted by molar-refractivity contribution is -0.140. The van der Waals surface area contributed by atoms with Crippen molar-refractivity contribution in [2.75, 3.05) is 21.3 Å². The molecule has 0 spiro atoms. The molecule has 5 nitrogen and oxygen atoms in total. The van der Waals surface area contributed by atoms with E-state index in [1.807, 2.05) is 18.2 Å². The Hall–Kier alpha value is -1.72. The number of methoxy groups -OCH3 is 3. The van der Waals surface area contributed by atoms with Crippen LogP contribution in [0.15, 0.2) is 18.2 Å². The van der Waals surface area contributed by atoms with Gasteiger partial charge in [0.1, 0.15) is 0 Å². The van der Waals surface area contributed by atoms with Crippen molar-refractivity contribution >= 4 is 12.2 Å². The van der Waals surface area contributed by atoms with Crippen molar-refractivity contribution < 1.29 is 19.0 Å². The number of rotatable bonds is 7. The molecule has 0 aliphatic heterocycles. The van der Waals surface area contributed by atoms with Gasteiger partial charge in [-0.1, -0.05) is 18.2 Å². The van der Waals surface area contributed by atoms with Gasteiger partial charge in [-0.3, -0.25) is 4.79 Å². The van der Waals surface area contributed by atoms with Gasteiger partial charge in [0.25, 0.3) is 0 Å². The first-order chi connectivity index (χ1) is 9.17. The van der Waals surface area contributed by atoms with Crippen LogP contribution in [0.4, 0.5) is 0 Å². The quantitative estimate of drug-likeness (QED) is 0.465. The van der Waals surface area contributed by atoms with E-state index in [9.17, 15) is 4.79 Å². The average Bonchev–Trinajstić information content (AvgIpc) is 2.46. The van der Waals surface area contributed by atoms with Crippen LogP contribution in [0.2, 0.25) is 0 Å². The minimum atomic E-state index is -0.519. The second-order valence-electron chi connectivity index (χ2n) is 3.94. The van der Waals surface area contributed by atoms with Gasteiger partial charge < -0.3 is 19.6 Å². The first-order valence-corrected chi connectivity index (χ1v) is 5.92. The van der Waals surface area contributed by atoms with E-state index in [0.717, 1.165) is 16.7 Å². The summed E-state index contributed by atoms with van der Waals surface area (Å²) in [5, 5.41) is 7.55. The SMILES string of the molecule is COC(=O)CCc1cccc(C(OC)OC)c1C=N. The maximum atomic E-state index is 11.2. The Morgan fingerprint density at radius 1 is 1.32 bits per heavy atom. The monoisotopic (exact) mass is 265 g/mol. The smallest absolute Gasteiger partial charge is 0.305 e. The van der Waals surface area contributed by atoms with E-state index in [2.05, 4.69) is 4.74 Å². The maximum absolute atomic E-state index is 11.2. The summed E-state index contributed by atoms with van der Waals surface area (Å²) < 4.78 is 15.0. The van der Waals surface area contributed by atoms with E-state index in [-0.39, 0.29) is 12.4 Å². The first-order valence-electron chi connectivity index (χ1n) is 5.92. The molecule has 0 bridgehead atoms. The van der Waals surface area contributed by atoms with Crippen LogP contribution in [0.1, 0.15) is 29.4 Å². The summed E-state index contributed by atoms with van der Waals surface area (Å²) in [5.74, 6) is -0.267. The van der Waals surface area contributed by atoms with Crippen molar-refractivity contribution in [1.82, 2.24) is 0 Å². The number of aryl methyl sites for hydroxylation is 1. The van der Waals surface area contributed by atoms with Crippen molar-refractivity contribution in [3.63, 3.8) is 0 Å². The van der Waals surface area contributed by atoms with Gasteiger partial charge in [-0.25, -0.2) is 0 Å². The Morgan fingerprint density at radius 3 is 2.53 bits per heavy atom. The van der Waals surface area contributed by atoms with Gasteiger partial charge in [0.05, 0.1) is 7.11 Å². The van der Waals surface area contributed by atoms with Crippen LogP contribution in [0.25, 0.3) is 0 Å². The molecule has 1 aromatic rings. The summed E-state index contributed by atoms with van der Waals surface area (Å²) in [7, 11) is 4.45. The zero-order valence-corrected chi connectivity index (χ0v) is 11.4. The standard InChI is InChI=1S/C14H19NO4/c1-17-13(16)8-7-10-5-4-6-11(12(10)9-15)14(18-2)19-3/h4-6,9,14-15H,7-8H2,1-3H3. The number of carbonyl (C=O) groups is 1. The van der Waals surface area contributed by atoms with Gasteiger partial charge in [0.2, 0.25) is 0 Å². The van der Waals surface area contributed by atoms with Crippen LogP contribution in [0, 0.1) is 5.41 Å². The van der Waals surface area contributed by atoms with Gasteiger partial charge in [-0.05, 0) is 12.0 Å². The highest BCUT2D eigenvalue weighted by atomic mass is 16.7. The van der Waals surface area contributed by atoms with E-state index in [1.165, 1.54) is 13.3 Å². The van der Waals surface area contributed by atoms with E-state index >= 15 is 0 Å². The zero-order chi connectivity index (χ0) is 14.3. The molecule has 0 fully saturated rings. The number of ether oxygens (including phenoxy) is 3. The lowest BCUT2D eigenvalue weighted by Gasteiger charge is -2.18. The van der Waals surface area contributed by atoms with E-state index in [1.54, 1.807) is 14.2 Å². The molecule has 104 valence electrons. The Morgan fingerprint density at radius 2 is 2.00 bits per heavy atom. The maximum Gasteiger partial charge on any atom is 0.305 e. The molecule has 0 saturated carbocycles. The summed E-state index contributed by atoms with van der Waals surface area (Å²) in [6, 6.07) is 5.59. The van der Waals surface area contributed by atoms with Crippen molar-refractivity contribution in [2.45, 2.75) is 19.1 Å². The molecule has 0 aliphatic rings. The second-order valence-corrected chi connectivity index (χ2v) is 3.94. The Labute approximate surface area is 113 Å². The first kappa shape index (κ1) is 15.3. The third kappa shape index (κ3) is 3.87. The van der Waals surface area contributed by atoms with Crippen molar-refractivity contribution in [2.24, 2.45) is 0 Å². The van der Waals surface area contributed by atoms with Gasteiger partial charge >= 0.3 is 5.97 Å². The van der Waals surface area contributed by atoms with Crippen LogP contribution in [-0.4, -0.2) is 33.5 Å². The molecule has 0 unspecified atom stereocenters. The molecule has 1 N–H and O–H groups in total. The molecular formula is C14H19NO4. The molecule has 0 saturated heterocycles. The molecule has 0 aromatic heterocycles. The minimum Gasteiger partial charge on any atom is -0.469 e. The molecule has 19 heavy (non-hydrogen) atoms. The van der Waals surface area contributed by atoms with Crippen molar-refractivity contribution in [3.8, 4) is 0 Å². The zero-order valence-electron chi connectivity index (χ0n) is 11.4. The Balaban J connectivity index is 3.02. The van der Waals surface area contributed by atoms with Crippen LogP contribution in [-0.2, 0) is 25.4 Å². The predicted molar refractivity (Wildman–Crippen MR) is 71.4 cm³/mol. The second kappa shape index (κ2) is 7.66. The number of hydrogen-bond acceptors (Lipinski definition) is 5. The van der Waals surface area contributed by atoms with Crippen LogP contribution in [0.5, 0.6) is 0 Å². The van der Waals surface area contributed by atoms with Crippen LogP contribution in [0.3, 0.4) is 0 Å². The number of benzene rings is 1. The summed E-state index contributed by atoms with van der Waals surface area (Å²) in [5.41, 5.74) is 2.40. The fraction of sp³-hybridized carbons (Fsp3) is 0.429. The van der Waals surface area contributed by atoms with Crippen LogP contribution >= 0.6 is 0 Å². The summed E-state index contributed by atoms with van der Waals surface area (Å²) in [6.45, 7) is 0. The van der Waals surface area contributed by atoms with E-state index < -0.39 is 6.29 Å². The number of esters is 1. The van der Waals surface area contributed by atoms with Crippen molar-refractivity contribution in [3.05, 3.63) is 34.9 Å². The lowest BCUT2D eigenvalue weighted by Crippen LogP contribution is -2.10. The number of nitrogens with one attached hydrogen (secondary N) is 1. The molecule has 0 atom stereocenters. The number of carbonyl (C=O) groups excluding carboxylic acids is 1. The highest BCUT2D eigenvalue weighted by Gasteiger charge is 2.16. The largest absolute Gasteiger partial charge is 0.469 e. The molecule has 0 aliphatic carbocycles. The highest BCUT2D eigenvalue weighted by Crippen LogP contribution is 2.24. The minimum absolute atomic E-state index is 0.267. The van der Waals surface area contributed by atoms with E-state index in [0.29, 0.717) is 6.42 Å². The molecule has 5 heteroatoms. The Kier molecular flexibility index (Phi) is 6.18. The van der Waals surface area contributed by atoms with Gasteiger partial charge in [0, 0.05) is 38.0 Å². The fourth-order valence-electron chi connectivity index (χ4n) is 1.92. The lowest BCUT2D eigenvalue weighted by atomic mass is 9.98. The molecule has 0 heterocycles. The van der Waals surface area contributed by atoms with Gasteiger partial charge in [0.15, 0.2) is 6.29 Å². The van der Waals surface area contributed by atoms with Gasteiger partial charge in [-0.2, -0.15) is 0 Å². The van der Waals surface area contributed by atoms with Crippen molar-refractivity contribution in [1.29, 1.82) is 5.41 Å². The normalized spacial score (nSPS) is 10.5. The van der Waals surface area contributed by atoms with E-state index in [4.69, 9.17) is 14.9 Å². The molecule has 1 aromatic carbocycles. The van der Waals surface area contributed by atoms with Crippen LogP contribution < -0.4 is 0 Å². The summed E-state index contributed by atoms with van der Waals surface area (Å²) in [4.78, 5) is 11.2. The fourth-order valence-corrected chi connectivity index (χ4v) is 1.92. The predicted octanol–water partition coefficient (Wildman–Crippen LogP) is 2.08. The third-order valence-electron chi connectivity index (χ3n) is 2.88. The summed E-state index contributed by atoms with van der Waals surface area (Å²) >= 11 is 0. The van der Waals surface area contributed by atoms with Gasteiger partial charge in [-0.15, -0.1) is 0 Å². The molecule has 0 radical (unpaired) electrons. The molecule has 0 amide bonds. The summed E-state index contributed by atoms with van der Waals surface area (Å²) in [6.07, 6.45) is 1.54. The average molecular weight is 265 g/mol. The highest BCUT2D eigenvalue weighted by molar-refractivity contribution is 5.82. The molecular weight excluding hydrogens is 246 g/mol.